The predicted octanol–water partition coefficient (Wildman–Crippen LogP) is 3.77. The van der Waals surface area contributed by atoms with E-state index in [9.17, 15) is 14.4 Å². The zero-order chi connectivity index (χ0) is 21.4. The van der Waals surface area contributed by atoms with Crippen LogP contribution in [0.25, 0.3) is 0 Å². The van der Waals surface area contributed by atoms with Crippen molar-refractivity contribution in [3.63, 3.8) is 0 Å². The van der Waals surface area contributed by atoms with Gasteiger partial charge in [0.05, 0.1) is 25.9 Å². The first-order chi connectivity index (χ1) is 13.9. The van der Waals surface area contributed by atoms with Crippen LogP contribution in [0.4, 0.5) is 5.88 Å². The number of nitrogens with one attached hydrogen (secondary N) is 1. The van der Waals surface area contributed by atoms with Crippen LogP contribution in [0, 0.1) is 6.92 Å². The van der Waals surface area contributed by atoms with Crippen LogP contribution in [-0.2, 0) is 9.53 Å². The molecule has 2 aromatic rings. The fourth-order valence-corrected chi connectivity index (χ4v) is 2.74. The molecule has 0 spiro atoms. The van der Waals surface area contributed by atoms with Crippen LogP contribution in [0.15, 0.2) is 28.7 Å². The van der Waals surface area contributed by atoms with Gasteiger partial charge in [-0.05, 0) is 51.5 Å². The molecule has 0 unspecified atom stereocenters. The summed E-state index contributed by atoms with van der Waals surface area (Å²) in [6.07, 6.45) is 0.597. The number of carbonyl (C=O) groups excluding carboxylic acids is 3. The number of methoxy groups -OCH3 is 1. The number of esters is 1. The van der Waals surface area contributed by atoms with Gasteiger partial charge in [0.2, 0.25) is 11.8 Å². The summed E-state index contributed by atoms with van der Waals surface area (Å²) in [5.74, 6) is 0.149. The molecule has 2 rings (SSSR count). The molecule has 1 aromatic carbocycles. The molecule has 0 radical (unpaired) electrons. The van der Waals surface area contributed by atoms with E-state index >= 15 is 0 Å². The molecule has 0 aliphatic rings. The van der Waals surface area contributed by atoms with Crippen LogP contribution < -0.4 is 14.8 Å². The van der Waals surface area contributed by atoms with Crippen molar-refractivity contribution < 1.29 is 33.0 Å². The number of benzene rings is 1. The molecular weight excluding hydrogens is 378 g/mol. The van der Waals surface area contributed by atoms with Gasteiger partial charge in [-0.2, -0.15) is 0 Å². The third-order valence-electron chi connectivity index (χ3n) is 4.05. The van der Waals surface area contributed by atoms with Crippen molar-refractivity contribution in [3.05, 3.63) is 41.2 Å². The molecule has 0 atom stereocenters. The normalized spacial score (nSPS) is 10.3. The van der Waals surface area contributed by atoms with Gasteiger partial charge in [0.15, 0.2) is 5.78 Å². The molecule has 1 N–H and O–H groups in total. The number of amides is 1. The van der Waals surface area contributed by atoms with Gasteiger partial charge in [-0.3, -0.25) is 14.9 Å². The number of rotatable bonds is 10. The minimum atomic E-state index is -0.715. The lowest BCUT2D eigenvalue weighted by Gasteiger charge is -2.08. The monoisotopic (exact) mass is 403 g/mol. The highest BCUT2D eigenvalue weighted by atomic mass is 16.5. The number of carbonyl (C=O) groups is 3. The first kappa shape index (κ1) is 22.0. The smallest absolute Gasteiger partial charge is 0.344 e. The summed E-state index contributed by atoms with van der Waals surface area (Å²) in [7, 11) is 1.59. The van der Waals surface area contributed by atoms with Gasteiger partial charge < -0.3 is 18.6 Å². The average molecular weight is 403 g/mol. The number of hydrogen-bond donors (Lipinski definition) is 1. The molecule has 29 heavy (non-hydrogen) atoms. The third-order valence-corrected chi connectivity index (χ3v) is 4.05. The summed E-state index contributed by atoms with van der Waals surface area (Å²) in [5.41, 5.74) is 0.0567. The van der Waals surface area contributed by atoms with Gasteiger partial charge in [0.25, 0.3) is 0 Å². The number of hydrogen-bond acceptors (Lipinski definition) is 7. The molecule has 0 saturated carbocycles. The number of Topliss-reactive ketones (excluding diaryl/α,β-unsaturated/α-hetero) is 1. The molecule has 0 saturated heterocycles. The Balaban J connectivity index is 1.94. The molecule has 0 aliphatic heterocycles. The second-order valence-electron chi connectivity index (χ2n) is 6.19. The van der Waals surface area contributed by atoms with Crippen molar-refractivity contribution >= 4 is 23.5 Å². The molecule has 1 aromatic heterocycles. The van der Waals surface area contributed by atoms with Gasteiger partial charge in [0, 0.05) is 6.42 Å². The average Bonchev–Trinajstić information content (AvgIpc) is 3.01. The zero-order valence-electron chi connectivity index (χ0n) is 17.0. The fraction of sp³-hybridized carbons (Fsp3) is 0.381. The lowest BCUT2D eigenvalue weighted by atomic mass is 10.1. The molecule has 0 bridgehead atoms. The highest BCUT2D eigenvalue weighted by Crippen LogP contribution is 2.28. The molecule has 0 aliphatic carbocycles. The Morgan fingerprint density at radius 3 is 2.31 bits per heavy atom. The van der Waals surface area contributed by atoms with E-state index in [0.29, 0.717) is 18.8 Å². The maximum absolute atomic E-state index is 12.3. The van der Waals surface area contributed by atoms with Crippen LogP contribution in [0.3, 0.4) is 0 Å². The molecule has 156 valence electrons. The molecule has 8 heteroatoms. The number of anilines is 1. The highest BCUT2D eigenvalue weighted by molar-refractivity contribution is 6.10. The standard InChI is InChI=1S/C21H25NO7/c1-5-27-21(25)19-18(13(2)23)14(3)29-20(19)22-17(24)7-6-12-28-16-10-8-15(26-4)9-11-16/h8-11H,5-7,12H2,1-4H3,(H,22,24). The topological polar surface area (TPSA) is 104 Å². The summed E-state index contributed by atoms with van der Waals surface area (Å²) < 4.78 is 21.1. The van der Waals surface area contributed by atoms with Crippen LogP contribution in [0.5, 0.6) is 11.5 Å². The Morgan fingerprint density at radius 1 is 1.07 bits per heavy atom. The van der Waals surface area contributed by atoms with Crippen molar-refractivity contribution in [2.24, 2.45) is 0 Å². The number of ketones is 1. The van der Waals surface area contributed by atoms with Crippen molar-refractivity contribution in [1.82, 2.24) is 0 Å². The number of ether oxygens (including phenoxy) is 3. The zero-order valence-corrected chi connectivity index (χ0v) is 17.0. The fourth-order valence-electron chi connectivity index (χ4n) is 2.74. The van der Waals surface area contributed by atoms with Crippen LogP contribution in [-0.4, -0.2) is 38.0 Å². The SMILES string of the molecule is CCOC(=O)c1c(NC(=O)CCCOc2ccc(OC)cc2)oc(C)c1C(C)=O. The van der Waals surface area contributed by atoms with E-state index in [2.05, 4.69) is 5.32 Å². The Labute approximate surface area is 169 Å². The van der Waals surface area contributed by atoms with Crippen LogP contribution in [0.2, 0.25) is 0 Å². The van der Waals surface area contributed by atoms with Crippen LogP contribution >= 0.6 is 0 Å². The van der Waals surface area contributed by atoms with Gasteiger partial charge in [-0.25, -0.2) is 4.79 Å². The van der Waals surface area contributed by atoms with Crippen molar-refractivity contribution in [2.45, 2.75) is 33.6 Å². The minimum Gasteiger partial charge on any atom is -0.497 e. The van der Waals surface area contributed by atoms with Crippen molar-refractivity contribution in [3.8, 4) is 11.5 Å². The van der Waals surface area contributed by atoms with E-state index in [0.717, 1.165) is 5.75 Å². The van der Waals surface area contributed by atoms with E-state index in [-0.39, 0.29) is 47.5 Å². The first-order valence-corrected chi connectivity index (χ1v) is 9.25. The summed E-state index contributed by atoms with van der Waals surface area (Å²) in [4.78, 5) is 36.4. The Hall–Kier alpha value is -3.29. The van der Waals surface area contributed by atoms with E-state index < -0.39 is 5.97 Å². The first-order valence-electron chi connectivity index (χ1n) is 9.25. The highest BCUT2D eigenvalue weighted by Gasteiger charge is 2.28. The Kier molecular flexibility index (Phi) is 7.82. The summed E-state index contributed by atoms with van der Waals surface area (Å²) >= 11 is 0. The predicted molar refractivity (Wildman–Crippen MR) is 106 cm³/mol. The van der Waals surface area contributed by atoms with E-state index in [1.165, 1.54) is 6.92 Å². The summed E-state index contributed by atoms with van der Waals surface area (Å²) in [5, 5.41) is 2.55. The molecule has 0 fully saturated rings. The lowest BCUT2D eigenvalue weighted by Crippen LogP contribution is -2.16. The molecule has 1 amide bonds. The quantitative estimate of drug-likeness (QED) is 0.366. The largest absolute Gasteiger partial charge is 0.497 e. The number of aryl methyl sites for hydroxylation is 1. The third kappa shape index (κ3) is 5.84. The maximum atomic E-state index is 12.3. The van der Waals surface area contributed by atoms with Crippen molar-refractivity contribution in [2.75, 3.05) is 25.6 Å². The second kappa shape index (κ2) is 10.3. The van der Waals surface area contributed by atoms with Gasteiger partial charge in [-0.1, -0.05) is 0 Å². The van der Waals surface area contributed by atoms with E-state index in [1.807, 2.05) is 0 Å². The van der Waals surface area contributed by atoms with E-state index in [4.69, 9.17) is 18.6 Å². The van der Waals surface area contributed by atoms with Gasteiger partial charge in [0.1, 0.15) is 22.8 Å². The van der Waals surface area contributed by atoms with Crippen molar-refractivity contribution in [1.29, 1.82) is 0 Å². The van der Waals surface area contributed by atoms with Gasteiger partial charge >= 0.3 is 5.97 Å². The Bertz CT molecular complexity index is 868. The lowest BCUT2D eigenvalue weighted by molar-refractivity contribution is -0.116. The van der Waals surface area contributed by atoms with E-state index in [1.54, 1.807) is 45.2 Å². The van der Waals surface area contributed by atoms with Crippen LogP contribution in [0.1, 0.15) is 53.2 Å². The summed E-state index contributed by atoms with van der Waals surface area (Å²) in [6.45, 7) is 5.00. The number of furan rings is 1. The van der Waals surface area contributed by atoms with Gasteiger partial charge in [-0.15, -0.1) is 0 Å². The maximum Gasteiger partial charge on any atom is 0.344 e. The Morgan fingerprint density at radius 2 is 1.72 bits per heavy atom. The molecule has 1 heterocycles. The molecule has 8 nitrogen and oxygen atoms in total. The summed E-state index contributed by atoms with van der Waals surface area (Å²) in [6, 6.07) is 7.12. The second-order valence-corrected chi connectivity index (χ2v) is 6.19. The molecular formula is C21H25NO7. The minimum absolute atomic E-state index is 0.0558.